The highest BCUT2D eigenvalue weighted by molar-refractivity contribution is 6.59. The quantitative estimate of drug-likeness (QED) is 0.540. The molecule has 0 aromatic heterocycles. The van der Waals surface area contributed by atoms with E-state index in [1.165, 1.54) is 6.42 Å². The molecule has 2 fully saturated rings. The standard InChI is InChI=1S/C8H10Cl2O/c9-8(10)6-3-1-2-5(6)4-7(8)11/h5-6H,1-4H2. The SMILES string of the molecule is O=C1CC2CCCC2C1(Cl)Cl. The van der Waals surface area contributed by atoms with E-state index in [9.17, 15) is 4.79 Å². The van der Waals surface area contributed by atoms with Crippen LogP contribution in [0.15, 0.2) is 0 Å². The number of alkyl halides is 2. The van der Waals surface area contributed by atoms with Gasteiger partial charge in [-0.2, -0.15) is 0 Å². The Morgan fingerprint density at radius 1 is 1.36 bits per heavy atom. The minimum absolute atomic E-state index is 0.0375. The summed E-state index contributed by atoms with van der Waals surface area (Å²) in [4.78, 5) is 11.2. The van der Waals surface area contributed by atoms with Crippen LogP contribution in [0.25, 0.3) is 0 Å². The van der Waals surface area contributed by atoms with Gasteiger partial charge < -0.3 is 0 Å². The molecule has 2 unspecified atom stereocenters. The van der Waals surface area contributed by atoms with E-state index in [0.717, 1.165) is 12.8 Å². The monoisotopic (exact) mass is 192 g/mol. The van der Waals surface area contributed by atoms with E-state index in [4.69, 9.17) is 23.2 Å². The fourth-order valence-electron chi connectivity index (χ4n) is 2.34. The van der Waals surface area contributed by atoms with Gasteiger partial charge >= 0.3 is 0 Å². The molecule has 0 saturated heterocycles. The molecule has 0 spiro atoms. The molecule has 2 aliphatic carbocycles. The third kappa shape index (κ3) is 1.01. The van der Waals surface area contributed by atoms with Crippen LogP contribution < -0.4 is 0 Å². The Bertz CT molecular complexity index is 200. The highest BCUT2D eigenvalue weighted by atomic mass is 35.5. The maximum absolute atomic E-state index is 11.2. The minimum atomic E-state index is -1.04. The summed E-state index contributed by atoms with van der Waals surface area (Å²) >= 11 is 11.9. The molecule has 0 aromatic carbocycles. The Balaban J connectivity index is 2.27. The third-order valence-electron chi connectivity index (χ3n) is 2.94. The van der Waals surface area contributed by atoms with E-state index >= 15 is 0 Å². The molecule has 62 valence electrons. The predicted molar refractivity (Wildman–Crippen MR) is 44.9 cm³/mol. The van der Waals surface area contributed by atoms with Gasteiger partial charge in [-0.15, -0.1) is 0 Å². The molecule has 0 aromatic rings. The number of Topliss-reactive ketones (excluding diaryl/α,β-unsaturated/α-hetero) is 1. The summed E-state index contributed by atoms with van der Waals surface area (Å²) in [5.74, 6) is 0.770. The average Bonchev–Trinajstić information content (AvgIpc) is 2.41. The van der Waals surface area contributed by atoms with E-state index < -0.39 is 4.33 Å². The van der Waals surface area contributed by atoms with Gasteiger partial charge in [-0.1, -0.05) is 29.6 Å². The second-order valence-corrected chi connectivity index (χ2v) is 4.93. The van der Waals surface area contributed by atoms with Crippen LogP contribution in [0.1, 0.15) is 25.7 Å². The first kappa shape index (κ1) is 7.88. The molecule has 0 heterocycles. The zero-order chi connectivity index (χ0) is 8.06. The number of hydrogen-bond donors (Lipinski definition) is 0. The van der Waals surface area contributed by atoms with Crippen LogP contribution in [0.4, 0.5) is 0 Å². The Morgan fingerprint density at radius 3 is 2.73 bits per heavy atom. The normalized spacial score (nSPS) is 41.1. The molecule has 0 bridgehead atoms. The van der Waals surface area contributed by atoms with Crippen LogP contribution in [0.3, 0.4) is 0 Å². The first-order valence-electron chi connectivity index (χ1n) is 4.03. The number of carbonyl (C=O) groups excluding carboxylic acids is 1. The van der Waals surface area contributed by atoms with Crippen molar-refractivity contribution in [2.45, 2.75) is 30.0 Å². The average molecular weight is 193 g/mol. The van der Waals surface area contributed by atoms with Crippen molar-refractivity contribution in [2.24, 2.45) is 11.8 Å². The van der Waals surface area contributed by atoms with Crippen molar-refractivity contribution in [3.63, 3.8) is 0 Å². The van der Waals surface area contributed by atoms with Gasteiger partial charge in [0.2, 0.25) is 0 Å². The van der Waals surface area contributed by atoms with Gasteiger partial charge in [0.1, 0.15) is 0 Å². The second kappa shape index (κ2) is 2.37. The van der Waals surface area contributed by atoms with Crippen molar-refractivity contribution >= 4 is 29.0 Å². The van der Waals surface area contributed by atoms with E-state index in [1.54, 1.807) is 0 Å². The van der Waals surface area contributed by atoms with Crippen molar-refractivity contribution in [1.82, 2.24) is 0 Å². The lowest BCUT2D eigenvalue weighted by Crippen LogP contribution is -2.26. The number of fused-ring (bicyclic) bond motifs is 1. The fourth-order valence-corrected chi connectivity index (χ4v) is 3.07. The highest BCUT2D eigenvalue weighted by Gasteiger charge is 2.54. The molecular weight excluding hydrogens is 183 g/mol. The van der Waals surface area contributed by atoms with Crippen molar-refractivity contribution in [3.8, 4) is 0 Å². The Hall–Kier alpha value is 0.250. The van der Waals surface area contributed by atoms with Gasteiger partial charge in [0.15, 0.2) is 10.1 Å². The summed E-state index contributed by atoms with van der Waals surface area (Å²) < 4.78 is -1.04. The summed E-state index contributed by atoms with van der Waals surface area (Å²) in [7, 11) is 0. The van der Waals surface area contributed by atoms with E-state index in [1.807, 2.05) is 0 Å². The molecule has 0 amide bonds. The first-order valence-corrected chi connectivity index (χ1v) is 4.79. The zero-order valence-corrected chi connectivity index (χ0v) is 7.66. The lowest BCUT2D eigenvalue weighted by Gasteiger charge is -2.18. The van der Waals surface area contributed by atoms with Crippen LogP contribution in [0, 0.1) is 11.8 Å². The largest absolute Gasteiger partial charge is 0.296 e. The van der Waals surface area contributed by atoms with Crippen molar-refractivity contribution < 1.29 is 4.79 Å². The van der Waals surface area contributed by atoms with Crippen LogP contribution >= 0.6 is 23.2 Å². The fraction of sp³-hybridized carbons (Fsp3) is 0.875. The van der Waals surface area contributed by atoms with Gasteiger partial charge in [0.25, 0.3) is 0 Å². The molecular formula is C8H10Cl2O. The van der Waals surface area contributed by atoms with Crippen LogP contribution in [0.5, 0.6) is 0 Å². The maximum atomic E-state index is 11.2. The highest BCUT2D eigenvalue weighted by Crippen LogP contribution is 2.53. The van der Waals surface area contributed by atoms with Gasteiger partial charge in [0.05, 0.1) is 0 Å². The van der Waals surface area contributed by atoms with Gasteiger partial charge in [-0.3, -0.25) is 4.79 Å². The van der Waals surface area contributed by atoms with E-state index in [2.05, 4.69) is 0 Å². The number of halogens is 2. The van der Waals surface area contributed by atoms with Gasteiger partial charge in [-0.05, 0) is 18.8 Å². The number of rotatable bonds is 0. The lowest BCUT2D eigenvalue weighted by molar-refractivity contribution is -0.118. The molecule has 1 nitrogen and oxygen atoms in total. The van der Waals surface area contributed by atoms with Crippen LogP contribution in [-0.2, 0) is 4.79 Å². The summed E-state index contributed by atoms with van der Waals surface area (Å²) in [5.41, 5.74) is 0. The summed E-state index contributed by atoms with van der Waals surface area (Å²) in [6, 6.07) is 0. The molecule has 3 heteroatoms. The molecule has 0 aliphatic heterocycles. The molecule has 2 rings (SSSR count). The molecule has 2 aliphatic rings. The maximum Gasteiger partial charge on any atom is 0.178 e. The molecule has 2 atom stereocenters. The molecule has 0 N–H and O–H groups in total. The minimum Gasteiger partial charge on any atom is -0.296 e. The summed E-state index contributed by atoms with van der Waals surface area (Å²) in [6.45, 7) is 0. The van der Waals surface area contributed by atoms with Gasteiger partial charge in [-0.25, -0.2) is 0 Å². The van der Waals surface area contributed by atoms with Crippen molar-refractivity contribution in [3.05, 3.63) is 0 Å². The Morgan fingerprint density at radius 2 is 2.09 bits per heavy atom. The van der Waals surface area contributed by atoms with Crippen molar-refractivity contribution in [1.29, 1.82) is 0 Å². The molecule has 0 radical (unpaired) electrons. The number of carbonyl (C=O) groups is 1. The topological polar surface area (TPSA) is 17.1 Å². The zero-order valence-electron chi connectivity index (χ0n) is 6.15. The molecule has 2 saturated carbocycles. The van der Waals surface area contributed by atoms with E-state index in [-0.39, 0.29) is 11.7 Å². The summed E-state index contributed by atoms with van der Waals surface area (Å²) in [5, 5.41) is 0. The summed E-state index contributed by atoms with van der Waals surface area (Å²) in [6.07, 6.45) is 3.96. The third-order valence-corrected chi connectivity index (χ3v) is 3.93. The van der Waals surface area contributed by atoms with Crippen molar-refractivity contribution in [2.75, 3.05) is 0 Å². The lowest BCUT2D eigenvalue weighted by atomic mass is 10.0. The molecule has 11 heavy (non-hydrogen) atoms. The number of hydrogen-bond acceptors (Lipinski definition) is 1. The van der Waals surface area contributed by atoms with E-state index in [0.29, 0.717) is 12.3 Å². The Labute approximate surface area is 76.1 Å². The first-order chi connectivity index (χ1) is 5.12. The smallest absolute Gasteiger partial charge is 0.178 e. The van der Waals surface area contributed by atoms with Crippen LogP contribution in [0.2, 0.25) is 0 Å². The van der Waals surface area contributed by atoms with Crippen LogP contribution in [-0.4, -0.2) is 10.1 Å². The second-order valence-electron chi connectivity index (χ2n) is 3.55. The Kier molecular flexibility index (Phi) is 1.69. The predicted octanol–water partition coefficient (Wildman–Crippen LogP) is 2.55. The van der Waals surface area contributed by atoms with Gasteiger partial charge in [0, 0.05) is 12.3 Å². The number of ketones is 1.